The van der Waals surface area contributed by atoms with Crippen LogP contribution < -0.4 is 5.32 Å². The number of hydrogen-bond acceptors (Lipinski definition) is 1. The third-order valence-corrected chi connectivity index (χ3v) is 7.56. The van der Waals surface area contributed by atoms with Gasteiger partial charge in [0.25, 0.3) is 0 Å². The molecule has 0 saturated heterocycles. The molecule has 4 fully saturated rings. The van der Waals surface area contributed by atoms with Gasteiger partial charge in [-0.1, -0.05) is 19.8 Å². The maximum absolute atomic E-state index is 3.82. The van der Waals surface area contributed by atoms with E-state index in [9.17, 15) is 0 Å². The first kappa shape index (κ1) is 13.6. The highest BCUT2D eigenvalue weighted by molar-refractivity contribution is 5.04. The molecule has 4 bridgehead atoms. The van der Waals surface area contributed by atoms with E-state index in [1.165, 1.54) is 19.5 Å². The van der Waals surface area contributed by atoms with Gasteiger partial charge < -0.3 is 5.32 Å². The molecule has 0 spiro atoms. The summed E-state index contributed by atoms with van der Waals surface area (Å²) in [6.45, 7) is 4.88. The van der Waals surface area contributed by atoms with Gasteiger partial charge in [-0.15, -0.1) is 0 Å². The average molecular weight is 275 g/mol. The van der Waals surface area contributed by atoms with Crippen molar-refractivity contribution in [3.05, 3.63) is 0 Å². The van der Waals surface area contributed by atoms with Crippen LogP contribution in [0.4, 0.5) is 0 Å². The monoisotopic (exact) mass is 275 g/mol. The molecule has 4 aliphatic rings. The van der Waals surface area contributed by atoms with Gasteiger partial charge >= 0.3 is 0 Å². The molecule has 0 aromatic carbocycles. The molecule has 0 aromatic heterocycles. The molecule has 0 heterocycles. The second-order valence-electron chi connectivity index (χ2n) is 8.76. The Labute approximate surface area is 125 Å². The van der Waals surface area contributed by atoms with Gasteiger partial charge in [-0.2, -0.15) is 0 Å². The number of nitrogens with one attached hydrogen (secondary N) is 1. The van der Waals surface area contributed by atoms with Gasteiger partial charge in [0, 0.05) is 6.54 Å². The van der Waals surface area contributed by atoms with Crippen molar-refractivity contribution in [3.8, 4) is 0 Å². The van der Waals surface area contributed by atoms with Crippen LogP contribution in [0.25, 0.3) is 0 Å². The van der Waals surface area contributed by atoms with E-state index in [1.807, 2.05) is 0 Å². The Morgan fingerprint density at radius 3 is 2.50 bits per heavy atom. The zero-order valence-corrected chi connectivity index (χ0v) is 13.4. The van der Waals surface area contributed by atoms with Crippen LogP contribution in [0.15, 0.2) is 0 Å². The van der Waals surface area contributed by atoms with Crippen LogP contribution in [-0.4, -0.2) is 13.1 Å². The largest absolute Gasteiger partial charge is 0.316 e. The fourth-order valence-electron chi connectivity index (χ4n) is 6.76. The Morgan fingerprint density at radius 1 is 1.00 bits per heavy atom. The molecule has 0 radical (unpaired) electrons. The van der Waals surface area contributed by atoms with Crippen molar-refractivity contribution in [1.82, 2.24) is 5.32 Å². The first-order chi connectivity index (χ1) is 9.79. The standard InChI is InChI=1S/C19H33N/c1-2-7-20-13-19(11-15-4-6-18(19)10-15)12-17-9-14-3-5-16(17)8-14/h14-18,20H,2-13H2,1H3. The maximum atomic E-state index is 3.82. The molecule has 1 N–H and O–H groups in total. The minimum atomic E-state index is 0.716. The van der Waals surface area contributed by atoms with Crippen molar-refractivity contribution in [2.45, 2.75) is 71.1 Å². The molecule has 6 atom stereocenters. The normalized spacial score (nSPS) is 49.4. The Morgan fingerprint density at radius 2 is 1.90 bits per heavy atom. The molecule has 0 aromatic rings. The van der Waals surface area contributed by atoms with Crippen LogP contribution >= 0.6 is 0 Å². The number of rotatable bonds is 6. The lowest BCUT2D eigenvalue weighted by atomic mass is 9.65. The van der Waals surface area contributed by atoms with Crippen LogP contribution in [-0.2, 0) is 0 Å². The Hall–Kier alpha value is -0.0400. The first-order valence-corrected chi connectivity index (χ1v) is 9.50. The molecule has 0 amide bonds. The van der Waals surface area contributed by atoms with Gasteiger partial charge in [-0.3, -0.25) is 0 Å². The molecular formula is C19H33N. The summed E-state index contributed by atoms with van der Waals surface area (Å²) in [6, 6.07) is 0. The summed E-state index contributed by atoms with van der Waals surface area (Å²) in [5.74, 6) is 5.54. The molecule has 0 aliphatic heterocycles. The van der Waals surface area contributed by atoms with E-state index in [0.29, 0.717) is 5.41 Å². The van der Waals surface area contributed by atoms with E-state index in [1.54, 1.807) is 57.8 Å². The second kappa shape index (κ2) is 5.30. The molecular weight excluding hydrogens is 242 g/mol. The summed E-state index contributed by atoms with van der Waals surface area (Å²) in [7, 11) is 0. The molecule has 114 valence electrons. The highest BCUT2D eigenvalue weighted by Crippen LogP contribution is 2.61. The molecule has 4 rings (SSSR count). The van der Waals surface area contributed by atoms with Gasteiger partial charge in [0.05, 0.1) is 0 Å². The van der Waals surface area contributed by atoms with Crippen molar-refractivity contribution in [2.75, 3.05) is 13.1 Å². The quantitative estimate of drug-likeness (QED) is 0.698. The van der Waals surface area contributed by atoms with Gasteiger partial charge in [0.2, 0.25) is 0 Å². The van der Waals surface area contributed by atoms with Gasteiger partial charge in [-0.05, 0) is 92.9 Å². The van der Waals surface area contributed by atoms with Crippen molar-refractivity contribution >= 4 is 0 Å². The predicted octanol–water partition coefficient (Wildman–Crippen LogP) is 4.62. The Balaban J connectivity index is 1.44. The first-order valence-electron chi connectivity index (χ1n) is 9.50. The number of fused-ring (bicyclic) bond motifs is 4. The molecule has 1 nitrogen and oxygen atoms in total. The third kappa shape index (κ3) is 2.25. The van der Waals surface area contributed by atoms with Crippen molar-refractivity contribution in [1.29, 1.82) is 0 Å². The highest BCUT2D eigenvalue weighted by atomic mass is 14.9. The van der Waals surface area contributed by atoms with Crippen LogP contribution in [0, 0.1) is 35.0 Å². The summed E-state index contributed by atoms with van der Waals surface area (Å²) < 4.78 is 0. The SMILES string of the molecule is CCCNCC1(CC2CC3CCC2C3)CC2CCC1C2. The molecule has 6 unspecified atom stereocenters. The van der Waals surface area contributed by atoms with E-state index < -0.39 is 0 Å². The molecule has 1 heteroatoms. The molecule has 20 heavy (non-hydrogen) atoms. The van der Waals surface area contributed by atoms with E-state index in [4.69, 9.17) is 0 Å². The second-order valence-corrected chi connectivity index (χ2v) is 8.76. The van der Waals surface area contributed by atoms with Crippen molar-refractivity contribution in [3.63, 3.8) is 0 Å². The van der Waals surface area contributed by atoms with Crippen LogP contribution in [0.2, 0.25) is 0 Å². The minimum Gasteiger partial charge on any atom is -0.316 e. The minimum absolute atomic E-state index is 0.716. The zero-order chi connectivity index (χ0) is 13.6. The maximum Gasteiger partial charge on any atom is 0.00107 e. The number of hydrogen-bond donors (Lipinski definition) is 1. The predicted molar refractivity (Wildman–Crippen MR) is 84.6 cm³/mol. The smallest absolute Gasteiger partial charge is 0.00107 e. The van der Waals surface area contributed by atoms with Crippen LogP contribution in [0.1, 0.15) is 71.1 Å². The van der Waals surface area contributed by atoms with E-state index in [-0.39, 0.29) is 0 Å². The van der Waals surface area contributed by atoms with Gasteiger partial charge in [0.1, 0.15) is 0 Å². The fourth-order valence-corrected chi connectivity index (χ4v) is 6.76. The van der Waals surface area contributed by atoms with Crippen LogP contribution in [0.3, 0.4) is 0 Å². The van der Waals surface area contributed by atoms with E-state index in [2.05, 4.69) is 12.2 Å². The van der Waals surface area contributed by atoms with Crippen LogP contribution in [0.5, 0.6) is 0 Å². The summed E-state index contributed by atoms with van der Waals surface area (Å²) >= 11 is 0. The van der Waals surface area contributed by atoms with Crippen molar-refractivity contribution in [2.24, 2.45) is 35.0 Å². The summed E-state index contributed by atoms with van der Waals surface area (Å²) in [4.78, 5) is 0. The fraction of sp³-hybridized carbons (Fsp3) is 1.00. The lowest BCUT2D eigenvalue weighted by Crippen LogP contribution is -2.41. The topological polar surface area (TPSA) is 12.0 Å². The van der Waals surface area contributed by atoms with Gasteiger partial charge in [-0.25, -0.2) is 0 Å². The average Bonchev–Trinajstić information content (AvgIpc) is 3.18. The summed E-state index contributed by atoms with van der Waals surface area (Å²) in [5, 5.41) is 3.82. The molecule has 4 saturated carbocycles. The van der Waals surface area contributed by atoms with E-state index >= 15 is 0 Å². The Bertz CT molecular complexity index is 352. The summed E-state index contributed by atoms with van der Waals surface area (Å²) in [5.41, 5.74) is 0.716. The highest BCUT2D eigenvalue weighted by Gasteiger charge is 2.53. The van der Waals surface area contributed by atoms with Crippen molar-refractivity contribution < 1.29 is 0 Å². The summed E-state index contributed by atoms with van der Waals surface area (Å²) in [6.07, 6.45) is 15.5. The molecule has 4 aliphatic carbocycles. The Kier molecular flexibility index (Phi) is 3.61. The zero-order valence-electron chi connectivity index (χ0n) is 13.4. The van der Waals surface area contributed by atoms with Gasteiger partial charge in [0.15, 0.2) is 0 Å². The van der Waals surface area contributed by atoms with E-state index in [0.717, 1.165) is 29.6 Å². The third-order valence-electron chi connectivity index (χ3n) is 7.56. The lowest BCUT2D eigenvalue weighted by Gasteiger charge is -2.42. The lowest BCUT2D eigenvalue weighted by molar-refractivity contribution is 0.0970.